The topological polar surface area (TPSA) is 122 Å². The van der Waals surface area contributed by atoms with Gasteiger partial charge in [-0.25, -0.2) is 4.79 Å². The van der Waals surface area contributed by atoms with Gasteiger partial charge in [0.15, 0.2) is 11.5 Å². The smallest absolute Gasteiger partial charge is 0.319 e. The van der Waals surface area contributed by atoms with E-state index in [9.17, 15) is 14.7 Å². The van der Waals surface area contributed by atoms with E-state index in [1.807, 2.05) is 45.9 Å². The molecule has 0 spiro atoms. The second-order valence-electron chi connectivity index (χ2n) is 12.6. The van der Waals surface area contributed by atoms with Crippen LogP contribution in [0.15, 0.2) is 36.4 Å². The molecule has 45 heavy (non-hydrogen) atoms. The lowest BCUT2D eigenvalue weighted by Crippen LogP contribution is -2.47. The van der Waals surface area contributed by atoms with E-state index in [2.05, 4.69) is 29.5 Å². The number of likely N-dealkylation sites (N-methyl/N-ethyl adjacent to an activating group) is 1. The summed E-state index contributed by atoms with van der Waals surface area (Å²) < 4.78 is 23.8. The van der Waals surface area contributed by atoms with Crippen molar-refractivity contribution in [3.8, 4) is 17.2 Å². The molecule has 4 rings (SSSR count). The number of urea groups is 1. The van der Waals surface area contributed by atoms with Gasteiger partial charge >= 0.3 is 6.03 Å². The van der Waals surface area contributed by atoms with E-state index in [-0.39, 0.29) is 49.5 Å². The molecular formula is C34H50N4O7. The summed E-state index contributed by atoms with van der Waals surface area (Å²) in [6, 6.07) is 10.3. The van der Waals surface area contributed by atoms with Crippen LogP contribution in [0.2, 0.25) is 0 Å². The zero-order valence-corrected chi connectivity index (χ0v) is 27.5. The molecule has 0 fully saturated rings. The number of fused-ring (bicyclic) bond motifs is 2. The van der Waals surface area contributed by atoms with E-state index in [1.165, 1.54) is 0 Å². The predicted molar refractivity (Wildman–Crippen MR) is 173 cm³/mol. The van der Waals surface area contributed by atoms with E-state index in [1.54, 1.807) is 23.1 Å². The summed E-state index contributed by atoms with van der Waals surface area (Å²) in [6.45, 7) is 12.0. The van der Waals surface area contributed by atoms with Crippen LogP contribution in [0.5, 0.6) is 17.2 Å². The molecule has 248 valence electrons. The van der Waals surface area contributed by atoms with Crippen LogP contribution in [0.3, 0.4) is 0 Å². The number of carbonyl (C=O) groups excluding carboxylic acids is 2. The Hall–Kier alpha value is -3.54. The van der Waals surface area contributed by atoms with Gasteiger partial charge in [-0.05, 0) is 89.9 Å². The van der Waals surface area contributed by atoms with Crippen LogP contribution in [0, 0.1) is 5.92 Å². The lowest BCUT2D eigenvalue weighted by molar-refractivity contribution is -0.0177. The van der Waals surface area contributed by atoms with Gasteiger partial charge in [0.1, 0.15) is 5.75 Å². The highest BCUT2D eigenvalue weighted by Crippen LogP contribution is 2.33. The zero-order chi connectivity index (χ0) is 32.5. The van der Waals surface area contributed by atoms with Crippen molar-refractivity contribution >= 4 is 17.6 Å². The fourth-order valence-corrected chi connectivity index (χ4v) is 5.61. The Labute approximate surface area is 267 Å². The lowest BCUT2D eigenvalue weighted by atomic mass is 10.0. The SMILES string of the molecule is CC(C)NC(=O)Nc1ccc2c(c1)C(=O)N([C@H](C)CO)C[C@H](C)[C@H](CN(C)Cc1ccc3c(c1)OCO3)OCCCC[C@@H](C)O2. The number of aliphatic hydroxyl groups is 1. The Balaban J connectivity index is 1.57. The van der Waals surface area contributed by atoms with Crippen LogP contribution >= 0.6 is 0 Å². The third-order valence-electron chi connectivity index (χ3n) is 8.11. The number of nitrogens with one attached hydrogen (secondary N) is 2. The third-order valence-corrected chi connectivity index (χ3v) is 8.11. The minimum atomic E-state index is -0.453. The summed E-state index contributed by atoms with van der Waals surface area (Å²) in [5, 5.41) is 15.8. The Kier molecular flexibility index (Phi) is 12.3. The van der Waals surface area contributed by atoms with Gasteiger partial charge in [0.05, 0.1) is 30.4 Å². The fraction of sp³-hybridized carbons (Fsp3) is 0.588. The maximum absolute atomic E-state index is 14.3. The van der Waals surface area contributed by atoms with Gasteiger partial charge in [-0.2, -0.15) is 0 Å². The number of anilines is 1. The van der Waals surface area contributed by atoms with Gasteiger partial charge in [0.2, 0.25) is 6.79 Å². The van der Waals surface area contributed by atoms with Gasteiger partial charge in [0.25, 0.3) is 5.91 Å². The van der Waals surface area contributed by atoms with Crippen LogP contribution in [0.4, 0.5) is 10.5 Å². The largest absolute Gasteiger partial charge is 0.490 e. The van der Waals surface area contributed by atoms with Crippen molar-refractivity contribution in [1.82, 2.24) is 15.1 Å². The Morgan fingerprint density at radius 2 is 1.82 bits per heavy atom. The van der Waals surface area contributed by atoms with Crippen LogP contribution in [0.25, 0.3) is 0 Å². The van der Waals surface area contributed by atoms with Crippen LogP contribution < -0.4 is 24.8 Å². The van der Waals surface area contributed by atoms with Crippen molar-refractivity contribution in [2.24, 2.45) is 5.92 Å². The van der Waals surface area contributed by atoms with E-state index >= 15 is 0 Å². The number of aliphatic hydroxyl groups excluding tert-OH is 1. The van der Waals surface area contributed by atoms with Crippen molar-refractivity contribution in [1.29, 1.82) is 0 Å². The number of rotatable bonds is 8. The van der Waals surface area contributed by atoms with Crippen molar-refractivity contribution < 1.29 is 33.6 Å². The molecule has 2 heterocycles. The number of hydrogen-bond donors (Lipinski definition) is 3. The average molecular weight is 627 g/mol. The molecule has 3 N–H and O–H groups in total. The van der Waals surface area contributed by atoms with Gasteiger partial charge in [-0.3, -0.25) is 9.69 Å². The second-order valence-corrected chi connectivity index (χ2v) is 12.6. The highest BCUT2D eigenvalue weighted by Gasteiger charge is 2.30. The van der Waals surface area contributed by atoms with E-state index in [4.69, 9.17) is 18.9 Å². The van der Waals surface area contributed by atoms with E-state index < -0.39 is 6.04 Å². The summed E-state index contributed by atoms with van der Waals surface area (Å²) in [6.07, 6.45) is 2.32. The monoisotopic (exact) mass is 626 g/mol. The summed E-state index contributed by atoms with van der Waals surface area (Å²) in [4.78, 5) is 30.6. The Morgan fingerprint density at radius 3 is 2.58 bits per heavy atom. The van der Waals surface area contributed by atoms with Crippen molar-refractivity contribution in [2.45, 2.75) is 84.7 Å². The Bertz CT molecular complexity index is 1290. The minimum Gasteiger partial charge on any atom is -0.490 e. The molecule has 2 aliphatic heterocycles. The molecule has 2 aromatic carbocycles. The number of nitrogens with zero attached hydrogens (tertiary/aromatic N) is 2. The van der Waals surface area contributed by atoms with E-state index in [0.717, 1.165) is 36.3 Å². The molecule has 0 unspecified atom stereocenters. The summed E-state index contributed by atoms with van der Waals surface area (Å²) in [5.74, 6) is 1.65. The number of carbonyl (C=O) groups is 2. The molecule has 2 aliphatic rings. The molecule has 0 saturated carbocycles. The number of ether oxygens (including phenoxy) is 4. The van der Waals surface area contributed by atoms with Crippen LogP contribution in [-0.4, -0.2) is 91.3 Å². The molecule has 0 aliphatic carbocycles. The normalized spacial score (nSPS) is 21.6. The first kappa shape index (κ1) is 34.3. The van der Waals surface area contributed by atoms with Crippen molar-refractivity contribution in [2.75, 3.05) is 45.5 Å². The first-order valence-corrected chi connectivity index (χ1v) is 16.0. The van der Waals surface area contributed by atoms with Gasteiger partial charge in [0, 0.05) is 43.9 Å². The molecule has 0 radical (unpaired) electrons. The number of benzene rings is 2. The number of amides is 3. The summed E-state index contributed by atoms with van der Waals surface area (Å²) in [5.41, 5.74) is 1.93. The highest BCUT2D eigenvalue weighted by molar-refractivity contribution is 5.99. The molecule has 0 aromatic heterocycles. The number of hydrogen-bond acceptors (Lipinski definition) is 8. The van der Waals surface area contributed by atoms with Crippen LogP contribution in [0.1, 0.15) is 69.8 Å². The first-order chi connectivity index (χ1) is 21.5. The lowest BCUT2D eigenvalue weighted by Gasteiger charge is -2.36. The first-order valence-electron chi connectivity index (χ1n) is 16.0. The van der Waals surface area contributed by atoms with Gasteiger partial charge in [-0.1, -0.05) is 13.0 Å². The standard InChI is InChI=1S/C34H50N4O7/c1-22(2)35-34(41)36-27-11-13-29-28(16-27)33(40)38(24(4)20-39)17-23(3)32(42-14-8-7-9-25(5)45-29)19-37(6)18-26-10-12-30-31(15-26)44-21-43-30/h10-13,15-16,22-25,32,39H,7-9,14,17-21H2,1-6H3,(H2,35,36,41)/t23-,24+,25+,32-/m0/s1. The zero-order valence-electron chi connectivity index (χ0n) is 27.5. The maximum atomic E-state index is 14.3. The van der Waals surface area contributed by atoms with E-state index in [0.29, 0.717) is 43.2 Å². The maximum Gasteiger partial charge on any atom is 0.319 e. The summed E-state index contributed by atoms with van der Waals surface area (Å²) in [7, 11) is 2.06. The summed E-state index contributed by atoms with van der Waals surface area (Å²) >= 11 is 0. The predicted octanol–water partition coefficient (Wildman–Crippen LogP) is 4.87. The second kappa shape index (κ2) is 16.1. The molecule has 0 bridgehead atoms. The molecule has 2 aromatic rings. The quantitative estimate of drug-likeness (QED) is 0.380. The van der Waals surface area contributed by atoms with Gasteiger partial charge in [-0.15, -0.1) is 0 Å². The van der Waals surface area contributed by atoms with Crippen molar-refractivity contribution in [3.05, 3.63) is 47.5 Å². The highest BCUT2D eigenvalue weighted by atomic mass is 16.7. The Morgan fingerprint density at radius 1 is 1.07 bits per heavy atom. The van der Waals surface area contributed by atoms with Gasteiger partial charge < -0.3 is 39.6 Å². The molecule has 3 amide bonds. The average Bonchev–Trinajstić information content (AvgIpc) is 3.46. The third kappa shape index (κ3) is 9.72. The van der Waals surface area contributed by atoms with Crippen LogP contribution in [-0.2, 0) is 11.3 Å². The fourth-order valence-electron chi connectivity index (χ4n) is 5.61. The van der Waals surface area contributed by atoms with Crippen molar-refractivity contribution in [3.63, 3.8) is 0 Å². The molecule has 0 saturated heterocycles. The molecular weight excluding hydrogens is 576 g/mol. The minimum absolute atomic E-state index is 0.0401. The molecule has 11 heteroatoms. The molecule has 4 atom stereocenters. The molecule has 11 nitrogen and oxygen atoms in total.